The third-order valence-corrected chi connectivity index (χ3v) is 4.07. The molecule has 0 aliphatic rings. The standard InChI is InChI=1S/C17H19BrFNO/c1-11(13-4-7-15(18)8-5-13)20-12(2)14-6-9-17(21-3)16(19)10-14/h4-12,20H,1-3H3/t11-,12?/m0/s1. The highest BCUT2D eigenvalue weighted by Gasteiger charge is 2.13. The predicted molar refractivity (Wildman–Crippen MR) is 87.1 cm³/mol. The fourth-order valence-electron chi connectivity index (χ4n) is 2.27. The van der Waals surface area contributed by atoms with E-state index in [0.717, 1.165) is 10.0 Å². The van der Waals surface area contributed by atoms with Crippen LogP contribution in [0, 0.1) is 5.82 Å². The van der Waals surface area contributed by atoms with Gasteiger partial charge in [0.1, 0.15) is 0 Å². The molecule has 0 spiro atoms. The van der Waals surface area contributed by atoms with Crippen LogP contribution >= 0.6 is 15.9 Å². The monoisotopic (exact) mass is 351 g/mol. The molecular weight excluding hydrogens is 333 g/mol. The highest BCUT2D eigenvalue weighted by molar-refractivity contribution is 9.10. The molecule has 0 aliphatic heterocycles. The molecule has 0 bridgehead atoms. The maximum absolute atomic E-state index is 13.8. The van der Waals surface area contributed by atoms with Crippen molar-refractivity contribution < 1.29 is 9.13 Å². The number of nitrogens with one attached hydrogen (secondary N) is 1. The Morgan fingerprint density at radius 1 is 1.00 bits per heavy atom. The molecule has 0 heterocycles. The minimum Gasteiger partial charge on any atom is -0.494 e. The molecule has 0 aliphatic carbocycles. The third kappa shape index (κ3) is 4.05. The van der Waals surface area contributed by atoms with Gasteiger partial charge in [-0.25, -0.2) is 4.39 Å². The summed E-state index contributed by atoms with van der Waals surface area (Å²) in [5.41, 5.74) is 2.09. The normalized spacial score (nSPS) is 13.8. The summed E-state index contributed by atoms with van der Waals surface area (Å²) in [6, 6.07) is 13.5. The van der Waals surface area contributed by atoms with Gasteiger partial charge >= 0.3 is 0 Å². The maximum atomic E-state index is 13.8. The van der Waals surface area contributed by atoms with E-state index in [1.54, 1.807) is 6.07 Å². The van der Waals surface area contributed by atoms with Crippen LogP contribution in [0.3, 0.4) is 0 Å². The lowest BCUT2D eigenvalue weighted by Crippen LogP contribution is -2.22. The van der Waals surface area contributed by atoms with Gasteiger partial charge in [0.05, 0.1) is 7.11 Å². The fraction of sp³-hybridized carbons (Fsp3) is 0.294. The van der Waals surface area contributed by atoms with Gasteiger partial charge in [-0.15, -0.1) is 0 Å². The second-order valence-electron chi connectivity index (χ2n) is 5.06. The Hall–Kier alpha value is -1.39. The van der Waals surface area contributed by atoms with E-state index >= 15 is 0 Å². The average Bonchev–Trinajstić information content (AvgIpc) is 2.47. The molecule has 2 aromatic rings. The molecule has 4 heteroatoms. The summed E-state index contributed by atoms with van der Waals surface area (Å²) in [6.07, 6.45) is 0. The van der Waals surface area contributed by atoms with Crippen LogP contribution in [0.15, 0.2) is 46.9 Å². The van der Waals surface area contributed by atoms with Crippen LogP contribution in [0.2, 0.25) is 0 Å². The summed E-state index contributed by atoms with van der Waals surface area (Å²) < 4.78 is 19.8. The number of benzene rings is 2. The van der Waals surface area contributed by atoms with Crippen molar-refractivity contribution in [1.82, 2.24) is 5.32 Å². The Morgan fingerprint density at radius 2 is 1.57 bits per heavy atom. The fourth-order valence-corrected chi connectivity index (χ4v) is 2.54. The van der Waals surface area contributed by atoms with Gasteiger partial charge in [-0.3, -0.25) is 0 Å². The molecular formula is C17H19BrFNO. The van der Waals surface area contributed by atoms with Gasteiger partial charge in [-0.2, -0.15) is 0 Å². The van der Waals surface area contributed by atoms with Gasteiger partial charge < -0.3 is 10.1 Å². The lowest BCUT2D eigenvalue weighted by molar-refractivity contribution is 0.385. The van der Waals surface area contributed by atoms with E-state index in [1.165, 1.54) is 18.7 Å². The van der Waals surface area contributed by atoms with Gasteiger partial charge in [-0.05, 0) is 49.2 Å². The lowest BCUT2D eigenvalue weighted by atomic mass is 10.0. The molecule has 0 fully saturated rings. The molecule has 21 heavy (non-hydrogen) atoms. The SMILES string of the molecule is COc1ccc(C(C)N[C@@H](C)c2ccc(Br)cc2)cc1F. The number of halogens is 2. The Kier molecular flexibility index (Phi) is 5.37. The highest BCUT2D eigenvalue weighted by Crippen LogP contribution is 2.24. The zero-order valence-corrected chi connectivity index (χ0v) is 13.9. The second-order valence-corrected chi connectivity index (χ2v) is 5.97. The number of methoxy groups -OCH3 is 1. The van der Waals surface area contributed by atoms with Crippen LogP contribution in [-0.4, -0.2) is 7.11 Å². The summed E-state index contributed by atoms with van der Waals surface area (Å²) in [6.45, 7) is 4.12. The second kappa shape index (κ2) is 7.05. The van der Waals surface area contributed by atoms with Crippen LogP contribution in [-0.2, 0) is 0 Å². The predicted octanol–water partition coefficient (Wildman–Crippen LogP) is 5.01. The van der Waals surface area contributed by atoms with E-state index < -0.39 is 0 Å². The van der Waals surface area contributed by atoms with E-state index in [0.29, 0.717) is 0 Å². The largest absolute Gasteiger partial charge is 0.494 e. The van der Waals surface area contributed by atoms with Gasteiger partial charge in [0.2, 0.25) is 0 Å². The van der Waals surface area contributed by atoms with Crippen molar-refractivity contribution in [3.8, 4) is 5.75 Å². The lowest BCUT2D eigenvalue weighted by Gasteiger charge is -2.21. The highest BCUT2D eigenvalue weighted by atomic mass is 79.9. The Labute approximate surface area is 133 Å². The number of hydrogen-bond donors (Lipinski definition) is 1. The Balaban J connectivity index is 2.08. The molecule has 0 amide bonds. The first-order chi connectivity index (χ1) is 10.0. The maximum Gasteiger partial charge on any atom is 0.165 e. The molecule has 0 radical (unpaired) electrons. The van der Waals surface area contributed by atoms with Crippen LogP contribution in [0.1, 0.15) is 37.1 Å². The van der Waals surface area contributed by atoms with Crippen LogP contribution < -0.4 is 10.1 Å². The molecule has 0 saturated carbocycles. The van der Waals surface area contributed by atoms with Crippen LogP contribution in [0.5, 0.6) is 5.75 Å². The van der Waals surface area contributed by atoms with Crippen molar-refractivity contribution in [3.05, 3.63) is 63.9 Å². The van der Waals surface area contributed by atoms with Gasteiger partial charge in [-0.1, -0.05) is 34.1 Å². The van der Waals surface area contributed by atoms with E-state index in [4.69, 9.17) is 4.74 Å². The first-order valence-electron chi connectivity index (χ1n) is 6.86. The van der Waals surface area contributed by atoms with Crippen molar-refractivity contribution in [2.45, 2.75) is 25.9 Å². The smallest absolute Gasteiger partial charge is 0.165 e. The van der Waals surface area contributed by atoms with Gasteiger partial charge in [0.25, 0.3) is 0 Å². The summed E-state index contributed by atoms with van der Waals surface area (Å²) >= 11 is 3.43. The minimum atomic E-state index is -0.333. The molecule has 2 nitrogen and oxygen atoms in total. The van der Waals surface area contributed by atoms with Crippen LogP contribution in [0.25, 0.3) is 0 Å². The summed E-state index contributed by atoms with van der Waals surface area (Å²) in [7, 11) is 1.47. The quantitative estimate of drug-likeness (QED) is 0.817. The molecule has 0 saturated heterocycles. The zero-order chi connectivity index (χ0) is 15.4. The van der Waals surface area contributed by atoms with E-state index in [-0.39, 0.29) is 23.7 Å². The van der Waals surface area contributed by atoms with E-state index in [9.17, 15) is 4.39 Å². The molecule has 1 unspecified atom stereocenters. The van der Waals surface area contributed by atoms with Crippen molar-refractivity contribution >= 4 is 15.9 Å². The summed E-state index contributed by atoms with van der Waals surface area (Å²) in [5, 5.41) is 3.47. The summed E-state index contributed by atoms with van der Waals surface area (Å²) in [5.74, 6) is -0.0631. The molecule has 1 N–H and O–H groups in total. The van der Waals surface area contributed by atoms with E-state index in [1.807, 2.05) is 25.1 Å². The van der Waals surface area contributed by atoms with Crippen molar-refractivity contribution in [1.29, 1.82) is 0 Å². The van der Waals surface area contributed by atoms with E-state index in [2.05, 4.69) is 40.3 Å². The Bertz CT molecular complexity index is 600. The minimum absolute atomic E-state index is 0.0454. The van der Waals surface area contributed by atoms with Crippen LogP contribution in [0.4, 0.5) is 4.39 Å². The molecule has 2 atom stereocenters. The Morgan fingerprint density at radius 3 is 2.14 bits per heavy atom. The van der Waals surface area contributed by atoms with Gasteiger partial charge in [0, 0.05) is 16.6 Å². The van der Waals surface area contributed by atoms with Crippen molar-refractivity contribution in [2.24, 2.45) is 0 Å². The molecule has 2 aromatic carbocycles. The number of ether oxygens (including phenoxy) is 1. The van der Waals surface area contributed by atoms with Crippen molar-refractivity contribution in [2.75, 3.05) is 7.11 Å². The number of rotatable bonds is 5. The molecule has 2 rings (SSSR count). The third-order valence-electron chi connectivity index (χ3n) is 3.55. The first-order valence-corrected chi connectivity index (χ1v) is 7.65. The van der Waals surface area contributed by atoms with Crippen molar-refractivity contribution in [3.63, 3.8) is 0 Å². The first kappa shape index (κ1) is 16.0. The summed E-state index contributed by atoms with van der Waals surface area (Å²) in [4.78, 5) is 0. The average molecular weight is 352 g/mol. The molecule has 112 valence electrons. The number of hydrogen-bond acceptors (Lipinski definition) is 2. The van der Waals surface area contributed by atoms with Gasteiger partial charge in [0.15, 0.2) is 11.6 Å². The topological polar surface area (TPSA) is 21.3 Å². The molecule has 0 aromatic heterocycles. The zero-order valence-electron chi connectivity index (χ0n) is 12.4.